The van der Waals surface area contributed by atoms with Crippen molar-refractivity contribution in [3.63, 3.8) is 0 Å². The van der Waals surface area contributed by atoms with Gasteiger partial charge in [0, 0.05) is 42.7 Å². The van der Waals surface area contributed by atoms with Gasteiger partial charge in [0.15, 0.2) is 11.6 Å². The number of piperazine rings is 1. The molecule has 1 saturated heterocycles. The second-order valence-electron chi connectivity index (χ2n) is 16.5. The van der Waals surface area contributed by atoms with Crippen molar-refractivity contribution in [3.05, 3.63) is 142 Å². The molecule has 58 heavy (non-hydrogen) atoms. The minimum Gasteiger partial charge on any atom is -0.339 e. The summed E-state index contributed by atoms with van der Waals surface area (Å²) in [6, 6.07) is 27.3. The molecule has 4 unspecified atom stereocenters. The van der Waals surface area contributed by atoms with Gasteiger partial charge in [-0.2, -0.15) is 0 Å². The number of carbonyl (C=O) groups excluding carboxylic acids is 4. The number of benzene rings is 4. The van der Waals surface area contributed by atoms with Crippen molar-refractivity contribution >= 4 is 23.4 Å². The highest BCUT2D eigenvalue weighted by atomic mass is 19.1. The van der Waals surface area contributed by atoms with Crippen LogP contribution in [-0.4, -0.2) is 83.9 Å². The smallest absolute Gasteiger partial charge is 0.229 e. The number of carbonyl (C=O) groups is 4. The molecule has 0 aromatic heterocycles. The van der Waals surface area contributed by atoms with Gasteiger partial charge in [-0.3, -0.25) is 24.1 Å². The number of halogens is 2. The Morgan fingerprint density at radius 3 is 1.29 bits per heavy atom. The van der Waals surface area contributed by atoms with E-state index in [0.29, 0.717) is 63.0 Å². The molecule has 0 bridgehead atoms. The average molecular weight is 792 g/mol. The third-order valence-corrected chi connectivity index (χ3v) is 12.9. The van der Waals surface area contributed by atoms with E-state index in [1.807, 2.05) is 105 Å². The first-order valence-electron chi connectivity index (χ1n) is 20.6. The minimum atomic E-state index is -0.817. The van der Waals surface area contributed by atoms with E-state index in [1.54, 1.807) is 12.1 Å². The molecule has 4 aromatic carbocycles. The molecule has 5 rings (SSSR count). The molecule has 1 heterocycles. The van der Waals surface area contributed by atoms with Crippen LogP contribution in [0.25, 0.3) is 0 Å². The van der Waals surface area contributed by atoms with Gasteiger partial charge in [-0.1, -0.05) is 76.2 Å². The molecule has 4 atom stereocenters. The summed E-state index contributed by atoms with van der Waals surface area (Å²) >= 11 is 0. The Morgan fingerprint density at radius 2 is 0.948 bits per heavy atom. The van der Waals surface area contributed by atoms with Crippen LogP contribution >= 0.6 is 0 Å². The highest BCUT2D eigenvalue weighted by molar-refractivity contribution is 6.03. The van der Waals surface area contributed by atoms with Crippen molar-refractivity contribution in [2.24, 2.45) is 11.3 Å². The van der Waals surface area contributed by atoms with E-state index in [2.05, 4.69) is 13.8 Å². The zero-order valence-corrected chi connectivity index (χ0v) is 35.4. The average Bonchev–Trinajstić information content (AvgIpc) is 3.24. The standard InChI is InChI=1S/C49H59F2N3O4/c1-9-48(33(3)4,44(55)40-19-23-42(50)24-20-40)31-36-11-15-38(16-12-36)34(5)46(57)53-27-29-54(30-28-53)47(58)35(6)39-17-13-37(14-18-39)32-49(10-2,52(7)8)45(56)41-21-25-43(51)26-22-41/h11-26,33-35H,9-10,27-32H2,1-8H3. The lowest BCUT2D eigenvalue weighted by atomic mass is 9.66. The molecule has 1 aliphatic rings. The van der Waals surface area contributed by atoms with Crippen LogP contribution in [0.3, 0.4) is 0 Å². The number of amides is 2. The van der Waals surface area contributed by atoms with Gasteiger partial charge in [-0.05, 0) is 130 Å². The van der Waals surface area contributed by atoms with Gasteiger partial charge in [-0.25, -0.2) is 8.78 Å². The maximum atomic E-state index is 13.8. The topological polar surface area (TPSA) is 78.0 Å². The molecule has 9 heteroatoms. The third-order valence-electron chi connectivity index (χ3n) is 12.9. The van der Waals surface area contributed by atoms with Crippen LogP contribution in [-0.2, 0) is 22.4 Å². The van der Waals surface area contributed by atoms with Crippen LogP contribution < -0.4 is 0 Å². The Labute approximate surface area is 343 Å². The number of rotatable bonds is 16. The van der Waals surface area contributed by atoms with Crippen molar-refractivity contribution < 1.29 is 28.0 Å². The molecule has 0 spiro atoms. The predicted octanol–water partition coefficient (Wildman–Crippen LogP) is 9.16. The molecule has 0 radical (unpaired) electrons. The zero-order chi connectivity index (χ0) is 42.4. The van der Waals surface area contributed by atoms with Crippen LogP contribution in [0.5, 0.6) is 0 Å². The second kappa shape index (κ2) is 18.7. The highest BCUT2D eigenvalue weighted by Crippen LogP contribution is 2.39. The summed E-state index contributed by atoms with van der Waals surface area (Å²) in [5.41, 5.74) is 3.25. The monoisotopic (exact) mass is 791 g/mol. The van der Waals surface area contributed by atoms with Gasteiger partial charge in [0.2, 0.25) is 11.8 Å². The van der Waals surface area contributed by atoms with Gasteiger partial charge in [0.05, 0.1) is 17.4 Å². The first-order valence-corrected chi connectivity index (χ1v) is 20.6. The van der Waals surface area contributed by atoms with E-state index in [4.69, 9.17) is 0 Å². The minimum absolute atomic E-state index is 0.00799. The van der Waals surface area contributed by atoms with Gasteiger partial charge in [0.25, 0.3) is 0 Å². The predicted molar refractivity (Wildman–Crippen MR) is 226 cm³/mol. The molecule has 0 saturated carbocycles. The van der Waals surface area contributed by atoms with Crippen LogP contribution in [0, 0.1) is 23.0 Å². The van der Waals surface area contributed by atoms with Gasteiger partial charge >= 0.3 is 0 Å². The first kappa shape index (κ1) is 44.1. The number of hydrogen-bond acceptors (Lipinski definition) is 5. The summed E-state index contributed by atoms with van der Waals surface area (Å²) in [4.78, 5) is 60.5. The highest BCUT2D eigenvalue weighted by Gasteiger charge is 2.41. The largest absolute Gasteiger partial charge is 0.339 e. The lowest BCUT2D eigenvalue weighted by molar-refractivity contribution is -0.140. The van der Waals surface area contributed by atoms with Gasteiger partial charge in [-0.15, -0.1) is 0 Å². The van der Waals surface area contributed by atoms with Gasteiger partial charge < -0.3 is 9.80 Å². The maximum Gasteiger partial charge on any atom is 0.229 e. The molecule has 7 nitrogen and oxygen atoms in total. The fraction of sp³-hybridized carbons (Fsp3) is 0.429. The molecule has 1 fully saturated rings. The Hall–Kier alpha value is -5.02. The molecular weight excluding hydrogens is 733 g/mol. The SMILES string of the molecule is CCC(Cc1ccc(C(C)C(=O)N2CCN(C(=O)C(C)c3ccc(CC(CC)(C(=O)c4ccc(F)cc4)N(C)C)cc3)CC2)cc1)(C(=O)c1ccc(F)cc1)C(C)C. The molecule has 4 aromatic rings. The van der Waals surface area contributed by atoms with E-state index in [0.717, 1.165) is 22.3 Å². The molecule has 0 aliphatic carbocycles. The fourth-order valence-corrected chi connectivity index (χ4v) is 8.57. The quantitative estimate of drug-likeness (QED) is 0.106. The molecular formula is C49H59F2N3O4. The summed E-state index contributed by atoms with van der Waals surface area (Å²) in [6.07, 6.45) is 2.20. The van der Waals surface area contributed by atoms with Crippen molar-refractivity contribution in [1.29, 1.82) is 0 Å². The molecule has 2 amide bonds. The molecule has 0 N–H and O–H groups in total. The van der Waals surface area contributed by atoms with Crippen molar-refractivity contribution in [1.82, 2.24) is 14.7 Å². The Morgan fingerprint density at radius 1 is 0.569 bits per heavy atom. The normalized spacial score (nSPS) is 16.4. The van der Waals surface area contributed by atoms with Gasteiger partial charge in [0.1, 0.15) is 11.6 Å². The maximum absolute atomic E-state index is 13.8. The zero-order valence-electron chi connectivity index (χ0n) is 35.4. The van der Waals surface area contributed by atoms with Crippen molar-refractivity contribution in [3.8, 4) is 0 Å². The number of ketones is 2. The number of nitrogens with zero attached hydrogens (tertiary/aromatic N) is 3. The van der Waals surface area contributed by atoms with Crippen molar-refractivity contribution in [2.75, 3.05) is 40.3 Å². The van der Waals surface area contributed by atoms with E-state index in [1.165, 1.54) is 36.4 Å². The molecule has 308 valence electrons. The summed E-state index contributed by atoms with van der Waals surface area (Å²) in [6.45, 7) is 13.7. The van der Waals surface area contributed by atoms with Crippen molar-refractivity contribution in [2.45, 2.75) is 84.6 Å². The Kier molecular flexibility index (Phi) is 14.2. The van der Waals surface area contributed by atoms with Crippen LogP contribution in [0.2, 0.25) is 0 Å². The van der Waals surface area contributed by atoms with E-state index < -0.39 is 11.0 Å². The molecule has 1 aliphatic heterocycles. The van der Waals surface area contributed by atoms with Crippen LogP contribution in [0.4, 0.5) is 8.78 Å². The van der Waals surface area contributed by atoms with Crippen LogP contribution in [0.1, 0.15) is 109 Å². The number of hydrogen-bond donors (Lipinski definition) is 0. The summed E-state index contributed by atoms with van der Waals surface area (Å²) in [7, 11) is 3.78. The van der Waals surface area contributed by atoms with E-state index in [-0.39, 0.29) is 52.8 Å². The van der Waals surface area contributed by atoms with E-state index in [9.17, 15) is 28.0 Å². The Bertz CT molecular complexity index is 1890. The third kappa shape index (κ3) is 9.31. The van der Waals surface area contributed by atoms with Crippen LogP contribution in [0.15, 0.2) is 97.1 Å². The summed E-state index contributed by atoms with van der Waals surface area (Å²) in [5.74, 6) is -1.49. The number of likely N-dealkylation sites (N-methyl/N-ethyl adjacent to an activating group) is 1. The second-order valence-corrected chi connectivity index (χ2v) is 16.5. The first-order chi connectivity index (χ1) is 27.6. The van der Waals surface area contributed by atoms with E-state index >= 15 is 0 Å². The summed E-state index contributed by atoms with van der Waals surface area (Å²) < 4.78 is 27.2. The Balaban J connectivity index is 1.17. The lowest BCUT2D eigenvalue weighted by Gasteiger charge is -2.38. The number of Topliss-reactive ketones (excluding diaryl/α,β-unsaturated/α-hetero) is 2. The summed E-state index contributed by atoms with van der Waals surface area (Å²) in [5, 5.41) is 0. The fourth-order valence-electron chi connectivity index (χ4n) is 8.57. The lowest BCUT2D eigenvalue weighted by Crippen LogP contribution is -2.52.